The molecule has 2 rings (SSSR count). The van der Waals surface area contributed by atoms with Gasteiger partial charge in [-0.2, -0.15) is 17.0 Å². The third kappa shape index (κ3) is 5.65. The van der Waals surface area contributed by atoms with Crippen LogP contribution in [0, 0.1) is 5.92 Å². The molecule has 0 spiro atoms. The van der Waals surface area contributed by atoms with Crippen molar-refractivity contribution in [3.8, 4) is 0 Å². The van der Waals surface area contributed by atoms with Gasteiger partial charge < -0.3 is 10.2 Å². The van der Waals surface area contributed by atoms with E-state index in [4.69, 9.17) is 0 Å². The fourth-order valence-electron chi connectivity index (χ4n) is 4.05. The lowest BCUT2D eigenvalue weighted by molar-refractivity contribution is -0.126. The Hall–Kier alpha value is -0.700. The van der Waals surface area contributed by atoms with Crippen LogP contribution in [0.2, 0.25) is 0 Å². The molecule has 2 fully saturated rings. The first kappa shape index (κ1) is 21.6. The van der Waals surface area contributed by atoms with Crippen LogP contribution in [0.5, 0.6) is 0 Å². The minimum atomic E-state index is -3.44. The molecule has 8 heteroatoms. The predicted octanol–water partition coefficient (Wildman–Crippen LogP) is 1.28. The van der Waals surface area contributed by atoms with Gasteiger partial charge in [0.15, 0.2) is 0 Å². The molecule has 2 atom stereocenters. The minimum absolute atomic E-state index is 0.00524. The van der Waals surface area contributed by atoms with Crippen LogP contribution >= 0.6 is 0 Å². The van der Waals surface area contributed by atoms with Crippen molar-refractivity contribution in [2.45, 2.75) is 57.9 Å². The van der Waals surface area contributed by atoms with Crippen LogP contribution in [0.1, 0.15) is 51.9 Å². The summed E-state index contributed by atoms with van der Waals surface area (Å²) in [4.78, 5) is 15.0. The fourth-order valence-corrected chi connectivity index (χ4v) is 5.24. The van der Waals surface area contributed by atoms with E-state index < -0.39 is 10.2 Å². The molecule has 0 bridgehead atoms. The Morgan fingerprint density at radius 2 is 1.92 bits per heavy atom. The van der Waals surface area contributed by atoms with Gasteiger partial charge in [-0.3, -0.25) is 4.79 Å². The van der Waals surface area contributed by atoms with E-state index in [-0.39, 0.29) is 18.4 Å². The molecule has 26 heavy (non-hydrogen) atoms. The Morgan fingerprint density at radius 3 is 2.62 bits per heavy atom. The van der Waals surface area contributed by atoms with Crippen molar-refractivity contribution >= 4 is 16.1 Å². The number of hydrogen-bond acceptors (Lipinski definition) is 4. The van der Waals surface area contributed by atoms with Crippen molar-refractivity contribution in [2.24, 2.45) is 5.92 Å². The first-order chi connectivity index (χ1) is 12.4. The van der Waals surface area contributed by atoms with Gasteiger partial charge in [0.2, 0.25) is 5.91 Å². The first-order valence-electron chi connectivity index (χ1n) is 10.1. The Morgan fingerprint density at radius 1 is 1.15 bits per heavy atom. The van der Waals surface area contributed by atoms with Crippen LogP contribution in [0.25, 0.3) is 0 Å². The summed E-state index contributed by atoms with van der Waals surface area (Å²) in [7, 11) is -0.373. The van der Waals surface area contributed by atoms with E-state index in [9.17, 15) is 13.2 Å². The SMILES string of the molecule is CC[C@@H]1CCCCN1CCCNC(=O)[C@@H]1CCCN(S(=O)(=O)N(C)C)C1. The van der Waals surface area contributed by atoms with Crippen molar-refractivity contribution in [1.29, 1.82) is 0 Å². The lowest BCUT2D eigenvalue weighted by Gasteiger charge is -2.35. The predicted molar refractivity (Wildman–Crippen MR) is 104 cm³/mol. The molecule has 0 aliphatic carbocycles. The summed E-state index contributed by atoms with van der Waals surface area (Å²) in [5.41, 5.74) is 0. The van der Waals surface area contributed by atoms with E-state index in [0.717, 1.165) is 25.8 Å². The summed E-state index contributed by atoms with van der Waals surface area (Å²) in [6.45, 7) is 5.91. The normalized spacial score (nSPS) is 26.2. The van der Waals surface area contributed by atoms with E-state index in [0.29, 0.717) is 19.1 Å². The molecule has 152 valence electrons. The molecular formula is C18H36N4O3S. The van der Waals surface area contributed by atoms with Gasteiger partial charge >= 0.3 is 0 Å². The van der Waals surface area contributed by atoms with E-state index in [2.05, 4.69) is 17.1 Å². The Bertz CT molecular complexity index is 553. The average Bonchev–Trinajstić information content (AvgIpc) is 2.65. The quantitative estimate of drug-likeness (QED) is 0.636. The molecule has 0 aromatic heterocycles. The van der Waals surface area contributed by atoms with Gasteiger partial charge in [0.25, 0.3) is 10.2 Å². The van der Waals surface area contributed by atoms with Gasteiger partial charge in [0.05, 0.1) is 5.92 Å². The van der Waals surface area contributed by atoms with Crippen molar-refractivity contribution in [1.82, 2.24) is 18.8 Å². The molecule has 2 saturated heterocycles. The number of nitrogens with zero attached hydrogens (tertiary/aromatic N) is 3. The van der Waals surface area contributed by atoms with Crippen molar-refractivity contribution < 1.29 is 13.2 Å². The molecule has 2 heterocycles. The molecule has 1 N–H and O–H groups in total. The van der Waals surface area contributed by atoms with Crippen molar-refractivity contribution in [2.75, 3.05) is 46.8 Å². The molecule has 0 saturated carbocycles. The highest BCUT2D eigenvalue weighted by atomic mass is 32.2. The second kappa shape index (κ2) is 10.0. The van der Waals surface area contributed by atoms with Crippen molar-refractivity contribution in [3.63, 3.8) is 0 Å². The first-order valence-corrected chi connectivity index (χ1v) is 11.4. The van der Waals surface area contributed by atoms with Gasteiger partial charge in [0, 0.05) is 46.3 Å². The van der Waals surface area contributed by atoms with Crippen LogP contribution in [0.4, 0.5) is 0 Å². The molecule has 0 aromatic rings. The zero-order chi connectivity index (χ0) is 19.2. The molecular weight excluding hydrogens is 352 g/mol. The van der Waals surface area contributed by atoms with E-state index in [1.807, 2.05) is 0 Å². The van der Waals surface area contributed by atoms with Gasteiger partial charge in [-0.1, -0.05) is 13.3 Å². The maximum absolute atomic E-state index is 12.5. The number of carbonyl (C=O) groups excluding carboxylic acids is 1. The molecule has 0 radical (unpaired) electrons. The molecule has 2 aliphatic heterocycles. The number of likely N-dealkylation sites (tertiary alicyclic amines) is 1. The molecule has 0 unspecified atom stereocenters. The van der Waals surface area contributed by atoms with Gasteiger partial charge in [-0.05, 0) is 45.1 Å². The molecule has 7 nitrogen and oxygen atoms in total. The zero-order valence-electron chi connectivity index (χ0n) is 16.6. The molecule has 2 aliphatic rings. The number of nitrogens with one attached hydrogen (secondary N) is 1. The van der Waals surface area contributed by atoms with E-state index in [1.54, 1.807) is 0 Å². The summed E-state index contributed by atoms with van der Waals surface area (Å²) in [5.74, 6) is -0.244. The standard InChI is InChI=1S/C18H36N4O3S/c1-4-17-10-5-6-12-21(17)13-8-11-19-18(23)16-9-7-14-22(15-16)26(24,25)20(2)3/h16-17H,4-15H2,1-3H3,(H,19,23)/t16-,17-/m1/s1. The number of rotatable bonds is 8. The Labute approximate surface area is 159 Å². The van der Waals surface area contributed by atoms with Crippen LogP contribution in [-0.4, -0.2) is 80.7 Å². The summed E-state index contributed by atoms with van der Waals surface area (Å²) in [6, 6.07) is 0.697. The van der Waals surface area contributed by atoms with Crippen LogP contribution in [-0.2, 0) is 15.0 Å². The maximum Gasteiger partial charge on any atom is 0.281 e. The molecule has 1 amide bonds. The van der Waals surface area contributed by atoms with Gasteiger partial charge in [0.1, 0.15) is 0 Å². The molecule has 0 aromatic carbocycles. The second-order valence-corrected chi connectivity index (χ2v) is 9.87. The van der Waals surface area contributed by atoms with E-state index >= 15 is 0 Å². The smallest absolute Gasteiger partial charge is 0.281 e. The monoisotopic (exact) mass is 388 g/mol. The highest BCUT2D eigenvalue weighted by molar-refractivity contribution is 7.86. The highest BCUT2D eigenvalue weighted by Gasteiger charge is 2.33. The second-order valence-electron chi connectivity index (χ2n) is 7.73. The topological polar surface area (TPSA) is 73.0 Å². The Kier molecular flexibility index (Phi) is 8.32. The van der Waals surface area contributed by atoms with Crippen LogP contribution in [0.3, 0.4) is 0 Å². The number of carbonyl (C=O) groups is 1. The average molecular weight is 389 g/mol. The van der Waals surface area contributed by atoms with Gasteiger partial charge in [-0.25, -0.2) is 0 Å². The number of piperidine rings is 2. The fraction of sp³-hybridized carbons (Fsp3) is 0.944. The van der Waals surface area contributed by atoms with Crippen LogP contribution < -0.4 is 5.32 Å². The number of hydrogen-bond donors (Lipinski definition) is 1. The van der Waals surface area contributed by atoms with Crippen LogP contribution in [0.15, 0.2) is 0 Å². The maximum atomic E-state index is 12.5. The zero-order valence-corrected chi connectivity index (χ0v) is 17.4. The van der Waals surface area contributed by atoms with Crippen molar-refractivity contribution in [3.05, 3.63) is 0 Å². The summed E-state index contributed by atoms with van der Waals surface area (Å²) in [6.07, 6.45) is 7.55. The minimum Gasteiger partial charge on any atom is -0.356 e. The summed E-state index contributed by atoms with van der Waals surface area (Å²) in [5, 5.41) is 3.03. The Balaban J connectivity index is 1.74. The third-order valence-electron chi connectivity index (χ3n) is 5.68. The van der Waals surface area contributed by atoms with E-state index in [1.165, 1.54) is 54.9 Å². The lowest BCUT2D eigenvalue weighted by Crippen LogP contribution is -2.49. The number of amides is 1. The highest BCUT2D eigenvalue weighted by Crippen LogP contribution is 2.21. The van der Waals surface area contributed by atoms with Gasteiger partial charge in [-0.15, -0.1) is 0 Å². The lowest BCUT2D eigenvalue weighted by atomic mass is 9.98. The summed E-state index contributed by atoms with van der Waals surface area (Å²) < 4.78 is 27.2. The summed E-state index contributed by atoms with van der Waals surface area (Å²) >= 11 is 0. The largest absolute Gasteiger partial charge is 0.356 e. The third-order valence-corrected chi connectivity index (χ3v) is 7.59.